The van der Waals surface area contributed by atoms with Crippen molar-refractivity contribution in [2.24, 2.45) is 11.1 Å². The van der Waals surface area contributed by atoms with E-state index in [0.717, 1.165) is 0 Å². The average Bonchev–Trinajstić information content (AvgIpc) is 2.03. The maximum Gasteiger partial charge on any atom is 0.00439 e. The summed E-state index contributed by atoms with van der Waals surface area (Å²) < 4.78 is 0. The molecule has 0 amide bonds. The lowest BCUT2D eigenvalue weighted by molar-refractivity contribution is 0.271. The molecule has 0 rings (SSSR count). The van der Waals surface area contributed by atoms with Gasteiger partial charge in [-0.2, -0.15) is 0 Å². The van der Waals surface area contributed by atoms with Gasteiger partial charge < -0.3 is 5.73 Å². The highest BCUT2D eigenvalue weighted by atomic mass is 14.6. The Morgan fingerprint density at radius 3 is 2.21 bits per heavy atom. The standard InChI is InChI=1S/C13H29N/c1-5-7-8-9-12(14)11-13(3,4)10-6-2/h12H,5-11,14H2,1-4H3. The van der Waals surface area contributed by atoms with E-state index in [1.165, 1.54) is 44.9 Å². The summed E-state index contributed by atoms with van der Waals surface area (Å²) in [4.78, 5) is 0. The highest BCUT2D eigenvalue weighted by Gasteiger charge is 2.19. The molecule has 2 N–H and O–H groups in total. The Balaban J connectivity index is 3.63. The molecule has 0 saturated heterocycles. The Morgan fingerprint density at radius 1 is 1.07 bits per heavy atom. The minimum absolute atomic E-state index is 0.420. The normalized spacial score (nSPS) is 14.4. The van der Waals surface area contributed by atoms with Crippen LogP contribution < -0.4 is 5.73 Å². The molecule has 0 aliphatic heterocycles. The summed E-state index contributed by atoms with van der Waals surface area (Å²) in [6.07, 6.45) is 8.90. The molecular formula is C13H29N. The molecule has 86 valence electrons. The van der Waals surface area contributed by atoms with E-state index in [1.54, 1.807) is 0 Å². The van der Waals surface area contributed by atoms with Crippen molar-refractivity contribution in [2.45, 2.75) is 78.7 Å². The second-order valence-corrected chi connectivity index (χ2v) is 5.37. The number of hydrogen-bond acceptors (Lipinski definition) is 1. The highest BCUT2D eigenvalue weighted by Crippen LogP contribution is 2.28. The molecule has 0 aliphatic rings. The van der Waals surface area contributed by atoms with Crippen molar-refractivity contribution in [3.05, 3.63) is 0 Å². The van der Waals surface area contributed by atoms with Crippen LogP contribution in [0.4, 0.5) is 0 Å². The van der Waals surface area contributed by atoms with Crippen molar-refractivity contribution < 1.29 is 0 Å². The largest absolute Gasteiger partial charge is 0.328 e. The summed E-state index contributed by atoms with van der Waals surface area (Å²) in [5.74, 6) is 0. The van der Waals surface area contributed by atoms with Crippen LogP contribution in [0.3, 0.4) is 0 Å². The maximum absolute atomic E-state index is 6.13. The van der Waals surface area contributed by atoms with Crippen LogP contribution in [-0.4, -0.2) is 6.04 Å². The van der Waals surface area contributed by atoms with Crippen molar-refractivity contribution in [3.8, 4) is 0 Å². The summed E-state index contributed by atoms with van der Waals surface area (Å²) in [6.45, 7) is 9.18. The maximum atomic E-state index is 6.13. The van der Waals surface area contributed by atoms with E-state index in [1.807, 2.05) is 0 Å². The van der Waals surface area contributed by atoms with Crippen LogP contribution in [0, 0.1) is 5.41 Å². The van der Waals surface area contributed by atoms with E-state index >= 15 is 0 Å². The quantitative estimate of drug-likeness (QED) is 0.585. The zero-order valence-corrected chi connectivity index (χ0v) is 10.6. The fraction of sp³-hybridized carbons (Fsp3) is 1.00. The summed E-state index contributed by atoms with van der Waals surface area (Å²) in [5, 5.41) is 0. The van der Waals surface area contributed by atoms with Crippen molar-refractivity contribution in [1.29, 1.82) is 0 Å². The van der Waals surface area contributed by atoms with Crippen LogP contribution in [0.1, 0.15) is 72.6 Å². The Morgan fingerprint density at radius 2 is 1.71 bits per heavy atom. The lowest BCUT2D eigenvalue weighted by Crippen LogP contribution is -2.27. The van der Waals surface area contributed by atoms with E-state index in [2.05, 4.69) is 27.7 Å². The van der Waals surface area contributed by atoms with Gasteiger partial charge in [-0.25, -0.2) is 0 Å². The Labute approximate surface area is 90.5 Å². The first-order chi connectivity index (χ1) is 6.52. The van der Waals surface area contributed by atoms with Gasteiger partial charge in [-0.05, 0) is 24.7 Å². The first kappa shape index (κ1) is 14.0. The van der Waals surface area contributed by atoms with E-state index < -0.39 is 0 Å². The number of hydrogen-bond donors (Lipinski definition) is 1. The van der Waals surface area contributed by atoms with Crippen molar-refractivity contribution >= 4 is 0 Å². The van der Waals surface area contributed by atoms with Crippen LogP contribution in [0.25, 0.3) is 0 Å². The van der Waals surface area contributed by atoms with Crippen LogP contribution in [0.5, 0.6) is 0 Å². The molecule has 0 aromatic rings. The molecule has 1 nitrogen and oxygen atoms in total. The Kier molecular flexibility index (Phi) is 7.26. The van der Waals surface area contributed by atoms with Gasteiger partial charge in [-0.3, -0.25) is 0 Å². The summed E-state index contributed by atoms with van der Waals surface area (Å²) in [6, 6.07) is 0.420. The van der Waals surface area contributed by atoms with E-state index in [9.17, 15) is 0 Å². The highest BCUT2D eigenvalue weighted by molar-refractivity contribution is 4.75. The molecule has 0 saturated carbocycles. The molecule has 0 aliphatic carbocycles. The lowest BCUT2D eigenvalue weighted by atomic mass is 9.81. The SMILES string of the molecule is CCCCCC(N)CC(C)(C)CCC. The molecule has 1 heteroatoms. The molecule has 0 bridgehead atoms. The van der Waals surface area contributed by atoms with Crippen molar-refractivity contribution in [1.82, 2.24) is 0 Å². The zero-order valence-electron chi connectivity index (χ0n) is 10.6. The number of rotatable bonds is 8. The van der Waals surface area contributed by atoms with Gasteiger partial charge in [0, 0.05) is 6.04 Å². The third-order valence-corrected chi connectivity index (χ3v) is 2.92. The molecule has 14 heavy (non-hydrogen) atoms. The molecule has 0 fully saturated rings. The first-order valence-corrected chi connectivity index (χ1v) is 6.27. The monoisotopic (exact) mass is 199 g/mol. The topological polar surface area (TPSA) is 26.0 Å². The fourth-order valence-corrected chi connectivity index (χ4v) is 2.25. The van der Waals surface area contributed by atoms with Gasteiger partial charge in [0.1, 0.15) is 0 Å². The first-order valence-electron chi connectivity index (χ1n) is 6.27. The summed E-state index contributed by atoms with van der Waals surface area (Å²) >= 11 is 0. The molecule has 0 aromatic carbocycles. The number of nitrogens with two attached hydrogens (primary N) is 1. The minimum Gasteiger partial charge on any atom is -0.328 e. The third kappa shape index (κ3) is 7.37. The second-order valence-electron chi connectivity index (χ2n) is 5.37. The van der Waals surface area contributed by atoms with E-state index in [0.29, 0.717) is 11.5 Å². The molecule has 0 aromatic heterocycles. The molecule has 0 spiro atoms. The zero-order chi connectivity index (χ0) is 11.0. The van der Waals surface area contributed by atoms with Crippen LogP contribution in [0.15, 0.2) is 0 Å². The van der Waals surface area contributed by atoms with Gasteiger partial charge in [-0.1, -0.05) is 53.4 Å². The minimum atomic E-state index is 0.420. The predicted molar refractivity (Wildman–Crippen MR) is 65.4 cm³/mol. The van der Waals surface area contributed by atoms with Crippen LogP contribution in [0.2, 0.25) is 0 Å². The van der Waals surface area contributed by atoms with Gasteiger partial charge in [0.05, 0.1) is 0 Å². The Hall–Kier alpha value is -0.0400. The summed E-state index contributed by atoms with van der Waals surface area (Å²) in [7, 11) is 0. The van der Waals surface area contributed by atoms with Gasteiger partial charge in [0.15, 0.2) is 0 Å². The average molecular weight is 199 g/mol. The van der Waals surface area contributed by atoms with Gasteiger partial charge in [0.2, 0.25) is 0 Å². The van der Waals surface area contributed by atoms with Crippen LogP contribution >= 0.6 is 0 Å². The van der Waals surface area contributed by atoms with E-state index in [-0.39, 0.29) is 0 Å². The van der Waals surface area contributed by atoms with Gasteiger partial charge in [-0.15, -0.1) is 0 Å². The van der Waals surface area contributed by atoms with Crippen molar-refractivity contribution in [2.75, 3.05) is 0 Å². The molecule has 1 atom stereocenters. The molecule has 1 unspecified atom stereocenters. The second kappa shape index (κ2) is 7.28. The third-order valence-electron chi connectivity index (χ3n) is 2.92. The lowest BCUT2D eigenvalue weighted by Gasteiger charge is -2.27. The molecule has 0 radical (unpaired) electrons. The Bertz CT molecular complexity index is 129. The van der Waals surface area contributed by atoms with Gasteiger partial charge in [0.25, 0.3) is 0 Å². The van der Waals surface area contributed by atoms with E-state index in [4.69, 9.17) is 5.73 Å². The van der Waals surface area contributed by atoms with Gasteiger partial charge >= 0.3 is 0 Å². The van der Waals surface area contributed by atoms with Crippen LogP contribution in [-0.2, 0) is 0 Å². The predicted octanol–water partition coefficient (Wildman–Crippen LogP) is 4.11. The smallest absolute Gasteiger partial charge is 0.00439 e. The number of unbranched alkanes of at least 4 members (excludes halogenated alkanes) is 2. The molecule has 0 heterocycles. The summed E-state index contributed by atoms with van der Waals surface area (Å²) in [5.41, 5.74) is 6.58. The van der Waals surface area contributed by atoms with Crippen molar-refractivity contribution in [3.63, 3.8) is 0 Å². The fourth-order valence-electron chi connectivity index (χ4n) is 2.25. The molecular weight excluding hydrogens is 170 g/mol.